The van der Waals surface area contributed by atoms with Crippen molar-refractivity contribution in [1.29, 1.82) is 0 Å². The third-order valence-electron chi connectivity index (χ3n) is 2.50. The molecule has 0 spiro atoms. The van der Waals surface area contributed by atoms with Crippen LogP contribution in [0.1, 0.15) is 43.4 Å². The summed E-state index contributed by atoms with van der Waals surface area (Å²) < 4.78 is 0. The van der Waals surface area contributed by atoms with Gasteiger partial charge >= 0.3 is 0 Å². The lowest BCUT2D eigenvalue weighted by Crippen LogP contribution is -1.96. The van der Waals surface area contributed by atoms with Crippen molar-refractivity contribution in [3.05, 3.63) is 34.9 Å². The van der Waals surface area contributed by atoms with Crippen LogP contribution in [0.2, 0.25) is 0 Å². The van der Waals surface area contributed by atoms with Crippen LogP contribution in [0.25, 0.3) is 0 Å². The van der Waals surface area contributed by atoms with Crippen LogP contribution >= 0.6 is 0 Å². The number of aliphatic hydroxyl groups excluding tert-OH is 1. The van der Waals surface area contributed by atoms with Gasteiger partial charge in [0.1, 0.15) is 0 Å². The van der Waals surface area contributed by atoms with Gasteiger partial charge in [0.2, 0.25) is 0 Å². The van der Waals surface area contributed by atoms with Gasteiger partial charge in [-0.05, 0) is 29.5 Å². The van der Waals surface area contributed by atoms with Crippen LogP contribution in [-0.2, 0) is 19.4 Å². The Labute approximate surface area is 86.8 Å². The van der Waals surface area contributed by atoms with Crippen LogP contribution in [0.5, 0.6) is 0 Å². The number of aliphatic hydroxyl groups is 1. The van der Waals surface area contributed by atoms with E-state index in [1.807, 2.05) is 0 Å². The normalized spacial score (nSPS) is 10.5. The lowest BCUT2D eigenvalue weighted by Gasteiger charge is -2.08. The zero-order chi connectivity index (χ0) is 10.4. The minimum atomic E-state index is 0.173. The van der Waals surface area contributed by atoms with E-state index in [9.17, 15) is 5.11 Å². The van der Waals surface area contributed by atoms with E-state index in [1.54, 1.807) is 0 Å². The highest BCUT2D eigenvalue weighted by Crippen LogP contribution is 2.15. The molecule has 1 rings (SSSR count). The third kappa shape index (κ3) is 2.85. The molecular weight excluding hydrogens is 172 g/mol. The van der Waals surface area contributed by atoms with Crippen LogP contribution in [0.3, 0.4) is 0 Å². The molecule has 0 aliphatic heterocycles. The number of benzene rings is 1. The van der Waals surface area contributed by atoms with E-state index >= 15 is 0 Å². The highest BCUT2D eigenvalue weighted by Gasteiger charge is 2.01. The maximum atomic E-state index is 9.24. The highest BCUT2D eigenvalue weighted by molar-refractivity contribution is 5.31. The fourth-order valence-corrected chi connectivity index (χ4v) is 1.78. The summed E-state index contributed by atoms with van der Waals surface area (Å²) in [4.78, 5) is 0. The van der Waals surface area contributed by atoms with E-state index in [1.165, 1.54) is 11.1 Å². The van der Waals surface area contributed by atoms with Gasteiger partial charge < -0.3 is 5.11 Å². The molecule has 0 bridgehead atoms. The lowest BCUT2D eigenvalue weighted by atomic mass is 9.99. The number of rotatable bonds is 5. The van der Waals surface area contributed by atoms with Gasteiger partial charge in [0, 0.05) is 0 Å². The Morgan fingerprint density at radius 2 is 1.71 bits per heavy atom. The quantitative estimate of drug-likeness (QED) is 0.760. The molecule has 0 unspecified atom stereocenters. The molecule has 0 amide bonds. The fraction of sp³-hybridized carbons (Fsp3) is 0.538. The summed E-state index contributed by atoms with van der Waals surface area (Å²) >= 11 is 0. The van der Waals surface area contributed by atoms with Crippen LogP contribution < -0.4 is 0 Å². The van der Waals surface area contributed by atoms with Gasteiger partial charge in [0.15, 0.2) is 0 Å². The minimum absolute atomic E-state index is 0.173. The standard InChI is InChI=1S/C13H20O/c1-3-5-11-7-8-12(6-4-2)13(9-11)10-14/h7-9,14H,3-6,10H2,1-2H3. The Morgan fingerprint density at radius 3 is 2.29 bits per heavy atom. The average Bonchev–Trinajstić information content (AvgIpc) is 2.21. The zero-order valence-electron chi connectivity index (χ0n) is 9.21. The summed E-state index contributed by atoms with van der Waals surface area (Å²) in [6, 6.07) is 6.50. The number of hydrogen-bond acceptors (Lipinski definition) is 1. The summed E-state index contributed by atoms with van der Waals surface area (Å²) in [5, 5.41) is 9.24. The molecule has 1 N–H and O–H groups in total. The van der Waals surface area contributed by atoms with Gasteiger partial charge in [0.05, 0.1) is 6.61 Å². The van der Waals surface area contributed by atoms with Crippen molar-refractivity contribution in [2.45, 2.75) is 46.1 Å². The van der Waals surface area contributed by atoms with Crippen LogP contribution in [0, 0.1) is 0 Å². The molecule has 0 aliphatic carbocycles. The summed E-state index contributed by atoms with van der Waals surface area (Å²) in [5.74, 6) is 0. The summed E-state index contributed by atoms with van der Waals surface area (Å²) in [6.07, 6.45) is 4.49. The molecule has 0 fully saturated rings. The Hall–Kier alpha value is -0.820. The average molecular weight is 192 g/mol. The second-order valence-electron chi connectivity index (χ2n) is 3.76. The van der Waals surface area contributed by atoms with Crippen molar-refractivity contribution in [3.63, 3.8) is 0 Å². The smallest absolute Gasteiger partial charge is 0.0684 e. The summed E-state index contributed by atoms with van der Waals surface area (Å²) in [6.45, 7) is 4.52. The van der Waals surface area contributed by atoms with Crippen molar-refractivity contribution in [2.24, 2.45) is 0 Å². The Bertz CT molecular complexity index is 279. The molecule has 0 saturated heterocycles. The second kappa shape index (κ2) is 5.82. The van der Waals surface area contributed by atoms with Crippen LogP contribution in [0.4, 0.5) is 0 Å². The van der Waals surface area contributed by atoms with Crippen LogP contribution in [0.15, 0.2) is 18.2 Å². The van der Waals surface area contributed by atoms with E-state index in [0.717, 1.165) is 31.2 Å². The molecule has 14 heavy (non-hydrogen) atoms. The number of aryl methyl sites for hydroxylation is 2. The third-order valence-corrected chi connectivity index (χ3v) is 2.50. The van der Waals surface area contributed by atoms with Gasteiger partial charge in [-0.2, -0.15) is 0 Å². The van der Waals surface area contributed by atoms with E-state index in [2.05, 4.69) is 32.0 Å². The lowest BCUT2D eigenvalue weighted by molar-refractivity contribution is 0.280. The first kappa shape index (κ1) is 11.3. The maximum absolute atomic E-state index is 9.24. The molecule has 1 aromatic carbocycles. The van der Waals surface area contributed by atoms with E-state index < -0.39 is 0 Å². The highest BCUT2D eigenvalue weighted by atomic mass is 16.3. The van der Waals surface area contributed by atoms with Crippen molar-refractivity contribution >= 4 is 0 Å². The SMILES string of the molecule is CCCc1ccc(CCC)c(CO)c1. The zero-order valence-corrected chi connectivity index (χ0v) is 9.21. The predicted octanol–water partition coefficient (Wildman–Crippen LogP) is 3.08. The van der Waals surface area contributed by atoms with E-state index in [-0.39, 0.29) is 6.61 Å². The van der Waals surface area contributed by atoms with Gasteiger partial charge in [-0.15, -0.1) is 0 Å². The largest absolute Gasteiger partial charge is 0.392 e. The van der Waals surface area contributed by atoms with E-state index in [4.69, 9.17) is 0 Å². The molecule has 78 valence electrons. The maximum Gasteiger partial charge on any atom is 0.0684 e. The van der Waals surface area contributed by atoms with E-state index in [0.29, 0.717) is 0 Å². The molecule has 0 heterocycles. The Balaban J connectivity index is 2.87. The van der Waals surface area contributed by atoms with Gasteiger partial charge in [-0.3, -0.25) is 0 Å². The Kier molecular flexibility index (Phi) is 4.68. The molecule has 0 radical (unpaired) electrons. The molecule has 0 saturated carbocycles. The van der Waals surface area contributed by atoms with Gasteiger partial charge in [-0.1, -0.05) is 44.9 Å². The second-order valence-corrected chi connectivity index (χ2v) is 3.76. The first-order valence-corrected chi connectivity index (χ1v) is 5.53. The molecule has 1 aromatic rings. The van der Waals surface area contributed by atoms with Crippen molar-refractivity contribution < 1.29 is 5.11 Å². The van der Waals surface area contributed by atoms with Crippen molar-refractivity contribution in [1.82, 2.24) is 0 Å². The Morgan fingerprint density at radius 1 is 1.00 bits per heavy atom. The molecule has 0 aliphatic rings. The van der Waals surface area contributed by atoms with Gasteiger partial charge in [0.25, 0.3) is 0 Å². The van der Waals surface area contributed by atoms with Gasteiger partial charge in [-0.25, -0.2) is 0 Å². The van der Waals surface area contributed by atoms with Crippen LogP contribution in [-0.4, -0.2) is 5.11 Å². The topological polar surface area (TPSA) is 20.2 Å². The number of hydrogen-bond donors (Lipinski definition) is 1. The predicted molar refractivity (Wildman–Crippen MR) is 60.4 cm³/mol. The minimum Gasteiger partial charge on any atom is -0.392 e. The summed E-state index contributed by atoms with van der Waals surface area (Å²) in [5.41, 5.74) is 3.75. The molecule has 0 aromatic heterocycles. The van der Waals surface area contributed by atoms with Crippen molar-refractivity contribution in [2.75, 3.05) is 0 Å². The first-order valence-electron chi connectivity index (χ1n) is 5.53. The van der Waals surface area contributed by atoms with Crippen molar-refractivity contribution in [3.8, 4) is 0 Å². The first-order chi connectivity index (χ1) is 6.81. The molecular formula is C13H20O. The molecule has 1 heteroatoms. The summed E-state index contributed by atoms with van der Waals surface area (Å²) in [7, 11) is 0. The monoisotopic (exact) mass is 192 g/mol. The molecule has 0 atom stereocenters. The fourth-order valence-electron chi connectivity index (χ4n) is 1.78. The molecule has 1 nitrogen and oxygen atoms in total.